The molecular formula is C9H16N3O14P3. The molecule has 0 aromatic carbocycles. The van der Waals surface area contributed by atoms with Crippen LogP contribution in [0.1, 0.15) is 6.23 Å². The van der Waals surface area contributed by atoms with Gasteiger partial charge in [0, 0.05) is 6.20 Å². The Morgan fingerprint density at radius 2 is 1.72 bits per heavy atom. The van der Waals surface area contributed by atoms with E-state index >= 15 is 0 Å². The zero-order chi connectivity index (χ0) is 22.2. The standard InChI is InChI=1S/C9H16N3O14P3/c10-5-1-2-12(9(15)11-5)8-7(14)6(13)4(24-8)3-23-28(19,20)26-29(21,22)25-27(16,17)18/h1-2,4,6-8,13-14H,3H2,(H,19,20)(H,21,22)(H2,10,11,15)(H2,16,17,18)/t4-,6?,7?,8-/m1/s1. The van der Waals surface area contributed by atoms with Gasteiger partial charge in [0.15, 0.2) is 6.23 Å². The lowest BCUT2D eigenvalue weighted by Crippen LogP contribution is -2.36. The molecule has 0 amide bonds. The van der Waals surface area contributed by atoms with E-state index in [1.807, 2.05) is 0 Å². The highest BCUT2D eigenvalue weighted by Crippen LogP contribution is 2.66. The van der Waals surface area contributed by atoms with Crippen molar-refractivity contribution in [2.45, 2.75) is 24.5 Å². The van der Waals surface area contributed by atoms with E-state index in [1.54, 1.807) is 0 Å². The molecule has 0 spiro atoms. The Bertz CT molecular complexity index is 946. The largest absolute Gasteiger partial charge is 0.490 e. The molecule has 1 saturated heterocycles. The molecule has 2 heterocycles. The number of hydrogen-bond donors (Lipinski definition) is 7. The van der Waals surface area contributed by atoms with E-state index in [-0.39, 0.29) is 5.82 Å². The third kappa shape index (κ3) is 6.73. The van der Waals surface area contributed by atoms with Crippen LogP contribution in [-0.2, 0) is 31.6 Å². The smallest absolute Gasteiger partial charge is 0.387 e. The summed E-state index contributed by atoms with van der Waals surface area (Å²) in [4.78, 5) is 50.5. The van der Waals surface area contributed by atoms with Gasteiger partial charge >= 0.3 is 29.2 Å². The van der Waals surface area contributed by atoms with E-state index in [4.69, 9.17) is 25.2 Å². The number of ether oxygens (including phenoxy) is 1. The van der Waals surface area contributed by atoms with E-state index in [2.05, 4.69) is 18.1 Å². The fourth-order valence-corrected chi connectivity index (χ4v) is 5.22. The van der Waals surface area contributed by atoms with Gasteiger partial charge in [0.1, 0.15) is 24.1 Å². The molecule has 0 aliphatic carbocycles. The monoisotopic (exact) mass is 483 g/mol. The molecule has 6 atom stereocenters. The topological polar surface area (TPSA) is 270 Å². The van der Waals surface area contributed by atoms with Crippen molar-refractivity contribution >= 4 is 29.3 Å². The van der Waals surface area contributed by atoms with Crippen LogP contribution in [0.2, 0.25) is 0 Å². The Labute approximate surface area is 160 Å². The van der Waals surface area contributed by atoms with Gasteiger partial charge in [-0.25, -0.2) is 18.5 Å². The van der Waals surface area contributed by atoms with Crippen molar-refractivity contribution in [3.63, 3.8) is 0 Å². The maximum absolute atomic E-state index is 11.8. The number of nitrogens with zero attached hydrogens (tertiary/aromatic N) is 2. The van der Waals surface area contributed by atoms with Gasteiger partial charge in [-0.2, -0.15) is 13.6 Å². The first-order valence-corrected chi connectivity index (χ1v) is 11.8. The molecule has 1 fully saturated rings. The third-order valence-electron chi connectivity index (χ3n) is 3.28. The Balaban J connectivity index is 2.05. The lowest BCUT2D eigenvalue weighted by molar-refractivity contribution is -0.0541. The summed E-state index contributed by atoms with van der Waals surface area (Å²) in [5, 5.41) is 20.0. The molecule has 17 nitrogen and oxygen atoms in total. The third-order valence-corrected chi connectivity index (χ3v) is 7.08. The maximum atomic E-state index is 11.8. The quantitative estimate of drug-likeness (QED) is 0.193. The zero-order valence-electron chi connectivity index (χ0n) is 13.9. The normalized spacial score (nSPS) is 29.3. The zero-order valence-corrected chi connectivity index (χ0v) is 16.6. The molecule has 1 aliphatic rings. The Morgan fingerprint density at radius 3 is 2.28 bits per heavy atom. The van der Waals surface area contributed by atoms with Crippen LogP contribution in [0.4, 0.5) is 5.82 Å². The van der Waals surface area contributed by atoms with Gasteiger partial charge in [-0.1, -0.05) is 0 Å². The van der Waals surface area contributed by atoms with Gasteiger partial charge in [-0.05, 0) is 6.07 Å². The number of nitrogens with two attached hydrogens (primary N) is 1. The number of aliphatic hydroxyl groups excluding tert-OH is 2. The first-order valence-electron chi connectivity index (χ1n) is 7.25. The number of anilines is 1. The molecule has 29 heavy (non-hydrogen) atoms. The van der Waals surface area contributed by atoms with Crippen LogP contribution in [0.25, 0.3) is 0 Å². The number of hydrogen-bond acceptors (Lipinski definition) is 12. The summed E-state index contributed by atoms with van der Waals surface area (Å²) in [6, 6.07) is 1.20. The lowest BCUT2D eigenvalue weighted by Gasteiger charge is -2.19. The Kier molecular flexibility index (Phi) is 7.20. The van der Waals surface area contributed by atoms with Crippen LogP contribution in [0.3, 0.4) is 0 Å². The molecule has 0 saturated carbocycles. The van der Waals surface area contributed by atoms with Gasteiger partial charge in [-0.3, -0.25) is 9.09 Å². The summed E-state index contributed by atoms with van der Waals surface area (Å²) < 4.78 is 50.8. The number of phosphoric ester groups is 1. The minimum Gasteiger partial charge on any atom is -0.387 e. The van der Waals surface area contributed by atoms with Gasteiger partial charge in [0.05, 0.1) is 6.61 Å². The molecule has 8 N–H and O–H groups in total. The van der Waals surface area contributed by atoms with Gasteiger partial charge < -0.3 is 40.3 Å². The molecule has 2 rings (SSSR count). The fourth-order valence-electron chi connectivity index (χ4n) is 2.19. The Morgan fingerprint density at radius 1 is 1.10 bits per heavy atom. The highest BCUT2D eigenvalue weighted by atomic mass is 31.3. The predicted molar refractivity (Wildman–Crippen MR) is 88.6 cm³/mol. The fraction of sp³-hybridized carbons (Fsp3) is 0.556. The number of rotatable bonds is 8. The molecule has 4 unspecified atom stereocenters. The van der Waals surface area contributed by atoms with Crippen LogP contribution in [0, 0.1) is 0 Å². The number of nitrogen functional groups attached to an aromatic ring is 1. The van der Waals surface area contributed by atoms with Crippen molar-refractivity contribution in [3.8, 4) is 0 Å². The average Bonchev–Trinajstić information content (AvgIpc) is 2.78. The Hall–Kier alpha value is -1.03. The molecular weight excluding hydrogens is 467 g/mol. The average molecular weight is 483 g/mol. The molecule has 0 radical (unpaired) electrons. The minimum atomic E-state index is -5.71. The van der Waals surface area contributed by atoms with Crippen LogP contribution in [-0.4, -0.2) is 64.3 Å². The molecule has 0 bridgehead atoms. The van der Waals surface area contributed by atoms with Crippen LogP contribution in [0.15, 0.2) is 17.1 Å². The molecule has 166 valence electrons. The van der Waals surface area contributed by atoms with Crippen LogP contribution < -0.4 is 11.4 Å². The predicted octanol–water partition coefficient (Wildman–Crippen LogP) is -2.21. The van der Waals surface area contributed by atoms with Gasteiger partial charge in [-0.15, -0.1) is 0 Å². The van der Waals surface area contributed by atoms with Gasteiger partial charge in [0.2, 0.25) is 0 Å². The van der Waals surface area contributed by atoms with E-state index in [0.29, 0.717) is 0 Å². The first kappa shape index (κ1) is 24.2. The highest BCUT2D eigenvalue weighted by Gasteiger charge is 2.46. The van der Waals surface area contributed by atoms with Crippen molar-refractivity contribution < 1.29 is 61.4 Å². The second-order valence-electron chi connectivity index (χ2n) is 5.48. The van der Waals surface area contributed by atoms with E-state index in [9.17, 15) is 33.6 Å². The van der Waals surface area contributed by atoms with Gasteiger partial charge in [0.25, 0.3) is 0 Å². The molecule has 1 aromatic rings. The van der Waals surface area contributed by atoms with E-state index in [1.165, 1.54) is 6.07 Å². The molecule has 1 aliphatic heterocycles. The highest BCUT2D eigenvalue weighted by molar-refractivity contribution is 7.66. The number of phosphoric acid groups is 3. The summed E-state index contributed by atoms with van der Waals surface area (Å²) in [7, 11) is -16.7. The summed E-state index contributed by atoms with van der Waals surface area (Å²) in [5.74, 6) is -0.122. The second-order valence-corrected chi connectivity index (χ2v) is 9.90. The second kappa shape index (κ2) is 8.61. The van der Waals surface area contributed by atoms with Crippen molar-refractivity contribution in [2.75, 3.05) is 12.3 Å². The van der Waals surface area contributed by atoms with Crippen molar-refractivity contribution in [1.82, 2.24) is 9.55 Å². The minimum absolute atomic E-state index is 0.122. The first-order chi connectivity index (χ1) is 13.1. The van der Waals surface area contributed by atoms with E-state index in [0.717, 1.165) is 10.8 Å². The molecule has 20 heteroatoms. The van der Waals surface area contributed by atoms with E-state index < -0.39 is 60.3 Å². The summed E-state index contributed by atoms with van der Waals surface area (Å²) in [6.45, 7) is -1.02. The summed E-state index contributed by atoms with van der Waals surface area (Å²) >= 11 is 0. The van der Waals surface area contributed by atoms with Crippen LogP contribution in [0.5, 0.6) is 0 Å². The van der Waals surface area contributed by atoms with Crippen molar-refractivity contribution in [1.29, 1.82) is 0 Å². The number of aromatic nitrogens is 2. The lowest BCUT2D eigenvalue weighted by atomic mass is 10.1. The molecule has 1 aromatic heterocycles. The maximum Gasteiger partial charge on any atom is 0.490 e. The summed E-state index contributed by atoms with van der Waals surface area (Å²) in [5.41, 5.74) is 4.39. The van der Waals surface area contributed by atoms with Crippen molar-refractivity contribution in [2.24, 2.45) is 0 Å². The van der Waals surface area contributed by atoms with Crippen LogP contribution >= 0.6 is 23.5 Å². The SMILES string of the molecule is Nc1ccn([C@@H]2O[C@H](COP(=O)(O)OP(=O)(O)OP(=O)(O)O)C(O)C2O)c(=O)n1. The number of aliphatic hydroxyl groups is 2. The van der Waals surface area contributed by atoms with Crippen molar-refractivity contribution in [3.05, 3.63) is 22.7 Å². The summed E-state index contributed by atoms with van der Waals surface area (Å²) in [6.07, 6.45) is -5.38.